The van der Waals surface area contributed by atoms with Gasteiger partial charge in [0.1, 0.15) is 11.1 Å². The minimum Gasteiger partial charge on any atom is -0.477 e. The van der Waals surface area contributed by atoms with Gasteiger partial charge in [-0.3, -0.25) is 14.4 Å². The van der Waals surface area contributed by atoms with E-state index in [4.69, 9.17) is 9.84 Å². The first-order valence-electron chi connectivity index (χ1n) is 6.44. The van der Waals surface area contributed by atoms with Crippen LogP contribution in [0.2, 0.25) is 0 Å². The van der Waals surface area contributed by atoms with E-state index in [0.717, 1.165) is 5.69 Å². The zero-order chi connectivity index (χ0) is 14.6. The molecule has 7 nitrogen and oxygen atoms in total. The summed E-state index contributed by atoms with van der Waals surface area (Å²) >= 11 is 1.33. The van der Waals surface area contributed by atoms with Crippen LogP contribution >= 0.6 is 11.8 Å². The van der Waals surface area contributed by atoms with Crippen LogP contribution < -0.4 is 0 Å². The van der Waals surface area contributed by atoms with Crippen molar-refractivity contribution in [2.24, 2.45) is 0 Å². The molecule has 21 heavy (non-hydrogen) atoms. The number of carboxylic acid groups (broad SMARTS) is 1. The molecule has 1 saturated heterocycles. The van der Waals surface area contributed by atoms with Crippen LogP contribution in [0.5, 0.6) is 0 Å². The fourth-order valence-corrected chi connectivity index (χ4v) is 3.73. The average molecular weight is 305 g/mol. The third-order valence-electron chi connectivity index (χ3n) is 3.64. The minimum absolute atomic E-state index is 0.0460. The van der Waals surface area contributed by atoms with Crippen molar-refractivity contribution in [3.63, 3.8) is 0 Å². The van der Waals surface area contributed by atoms with Crippen molar-refractivity contribution < 1.29 is 19.4 Å². The Labute approximate surface area is 123 Å². The van der Waals surface area contributed by atoms with Gasteiger partial charge in [0.25, 0.3) is 5.91 Å². The van der Waals surface area contributed by atoms with Gasteiger partial charge in [0, 0.05) is 5.41 Å². The van der Waals surface area contributed by atoms with E-state index >= 15 is 0 Å². The monoisotopic (exact) mass is 305 g/mol. The first kappa shape index (κ1) is 12.7. The second-order valence-electron chi connectivity index (χ2n) is 4.91. The number of amides is 1. The minimum atomic E-state index is -1.08. The van der Waals surface area contributed by atoms with Gasteiger partial charge in [-0.25, -0.2) is 4.79 Å². The lowest BCUT2D eigenvalue weighted by molar-refractivity contribution is -0.141. The van der Waals surface area contributed by atoms with Crippen LogP contribution in [0.1, 0.15) is 11.4 Å². The van der Waals surface area contributed by atoms with Gasteiger partial charge in [-0.05, 0) is 12.1 Å². The van der Waals surface area contributed by atoms with E-state index in [1.165, 1.54) is 22.1 Å². The zero-order valence-corrected chi connectivity index (χ0v) is 11.7. The second-order valence-corrected chi connectivity index (χ2v) is 5.86. The maximum absolute atomic E-state index is 12.1. The summed E-state index contributed by atoms with van der Waals surface area (Å²) in [4.78, 5) is 24.4. The number of hydrogen-bond acceptors (Lipinski definition) is 5. The Balaban J connectivity index is 1.60. The number of nitrogens with zero attached hydrogens (tertiary/aromatic N) is 3. The van der Waals surface area contributed by atoms with Crippen LogP contribution in [0, 0.1) is 0 Å². The Morgan fingerprint density at radius 3 is 3.19 bits per heavy atom. The fraction of sp³-hybridized carbons (Fsp3) is 0.308. The van der Waals surface area contributed by atoms with Crippen molar-refractivity contribution in [1.82, 2.24) is 14.7 Å². The molecule has 108 valence electrons. The lowest BCUT2D eigenvalue weighted by atomic mass is 10.0. The highest BCUT2D eigenvalue weighted by molar-refractivity contribution is 8.03. The van der Waals surface area contributed by atoms with E-state index in [0.29, 0.717) is 31.0 Å². The molecule has 3 aliphatic heterocycles. The highest BCUT2D eigenvalue weighted by atomic mass is 32.2. The summed E-state index contributed by atoms with van der Waals surface area (Å²) in [6.45, 7) is 1.88. The number of ether oxygens (including phenoxy) is 1. The second kappa shape index (κ2) is 4.47. The molecule has 3 aliphatic rings. The summed E-state index contributed by atoms with van der Waals surface area (Å²) in [5.74, 6) is -1.34. The van der Waals surface area contributed by atoms with E-state index in [9.17, 15) is 9.59 Å². The Bertz CT molecular complexity index is 697. The summed E-state index contributed by atoms with van der Waals surface area (Å²) in [6.07, 6.45) is 1.74. The van der Waals surface area contributed by atoms with Crippen LogP contribution in [-0.2, 0) is 27.5 Å². The Hall–Kier alpha value is -2.06. The van der Waals surface area contributed by atoms with Crippen LogP contribution in [0.3, 0.4) is 0 Å². The molecule has 1 amide bonds. The molecule has 1 unspecified atom stereocenters. The van der Waals surface area contributed by atoms with Crippen LogP contribution in [-0.4, -0.2) is 43.6 Å². The van der Waals surface area contributed by atoms with E-state index in [1.807, 2.05) is 10.7 Å². The van der Waals surface area contributed by atoms with Crippen molar-refractivity contribution in [3.8, 4) is 0 Å². The topological polar surface area (TPSA) is 84.7 Å². The normalized spacial score (nSPS) is 25.4. The molecule has 4 rings (SSSR count). The molecule has 0 spiro atoms. The summed E-state index contributed by atoms with van der Waals surface area (Å²) < 4.78 is 7.23. The molecule has 0 saturated carbocycles. The maximum Gasteiger partial charge on any atom is 0.353 e. The third kappa shape index (κ3) is 1.83. The van der Waals surface area contributed by atoms with Gasteiger partial charge in [0.15, 0.2) is 0 Å². The van der Waals surface area contributed by atoms with Gasteiger partial charge >= 0.3 is 5.97 Å². The summed E-state index contributed by atoms with van der Waals surface area (Å²) in [5.41, 5.74) is 2.33. The highest BCUT2D eigenvalue weighted by Gasteiger charge is 2.49. The zero-order valence-electron chi connectivity index (χ0n) is 10.9. The number of β-lactam (4-membered cyclic amide) rings is 1. The average Bonchev–Trinajstić information content (AvgIpc) is 3.05. The third-order valence-corrected chi connectivity index (χ3v) is 4.72. The van der Waals surface area contributed by atoms with Gasteiger partial charge < -0.3 is 9.84 Å². The number of aliphatic carboxylic acids is 1. The van der Waals surface area contributed by atoms with Gasteiger partial charge in [0.2, 0.25) is 0 Å². The molecule has 1 N–H and O–H groups in total. The largest absolute Gasteiger partial charge is 0.477 e. The van der Waals surface area contributed by atoms with Crippen molar-refractivity contribution >= 4 is 29.7 Å². The van der Waals surface area contributed by atoms with Crippen LogP contribution in [0.4, 0.5) is 0 Å². The molecular weight excluding hydrogens is 294 g/mol. The predicted octanol–water partition coefficient (Wildman–Crippen LogP) is 0.638. The molecule has 1 fully saturated rings. The number of carbonyl (C=O) groups excluding carboxylic acids is 1. The Kier molecular flexibility index (Phi) is 2.69. The van der Waals surface area contributed by atoms with E-state index < -0.39 is 5.97 Å². The van der Waals surface area contributed by atoms with Gasteiger partial charge in [-0.15, -0.1) is 11.8 Å². The molecular formula is C13H11N3O4S. The first-order chi connectivity index (χ1) is 10.1. The molecule has 0 aliphatic carbocycles. The molecule has 1 aromatic heterocycles. The molecule has 0 bridgehead atoms. The number of aromatic nitrogens is 2. The smallest absolute Gasteiger partial charge is 0.353 e. The SMILES string of the molecule is O=C(O)C1=CSC2/C(=C/c3cc4n(n3)CCOC4)C(=O)N12. The van der Waals surface area contributed by atoms with Crippen molar-refractivity contribution in [3.05, 3.63) is 34.1 Å². The standard InChI is InChI=1S/C13H11N3O4S/c17-11-9(12-16(11)10(6-21-12)13(18)19)4-7-3-8-5-20-2-1-15(8)14-7/h3-4,6,12H,1-2,5H2,(H,18,19)/b9-4+. The maximum atomic E-state index is 12.1. The van der Waals surface area contributed by atoms with E-state index in [-0.39, 0.29) is 17.0 Å². The highest BCUT2D eigenvalue weighted by Crippen LogP contribution is 2.45. The lowest BCUT2D eigenvalue weighted by Crippen LogP contribution is -2.51. The Morgan fingerprint density at radius 2 is 2.43 bits per heavy atom. The lowest BCUT2D eigenvalue weighted by Gasteiger charge is -2.36. The molecule has 1 aromatic rings. The number of carbonyl (C=O) groups is 2. The Morgan fingerprint density at radius 1 is 1.57 bits per heavy atom. The van der Waals surface area contributed by atoms with Crippen molar-refractivity contribution in [2.45, 2.75) is 18.5 Å². The number of fused-ring (bicyclic) bond motifs is 2. The van der Waals surface area contributed by atoms with Gasteiger partial charge in [0.05, 0.1) is 36.7 Å². The quantitative estimate of drug-likeness (QED) is 0.637. The van der Waals surface area contributed by atoms with E-state index in [1.54, 1.807) is 6.08 Å². The number of rotatable bonds is 2. The van der Waals surface area contributed by atoms with Gasteiger partial charge in [-0.1, -0.05) is 0 Å². The molecule has 8 heteroatoms. The number of hydrogen-bond donors (Lipinski definition) is 1. The van der Waals surface area contributed by atoms with Crippen molar-refractivity contribution in [2.75, 3.05) is 6.61 Å². The van der Waals surface area contributed by atoms with Crippen molar-refractivity contribution in [1.29, 1.82) is 0 Å². The molecule has 0 aromatic carbocycles. The molecule has 4 heterocycles. The van der Waals surface area contributed by atoms with E-state index in [2.05, 4.69) is 5.10 Å². The molecule has 1 atom stereocenters. The number of carboxylic acids is 1. The van der Waals surface area contributed by atoms with Gasteiger partial charge in [-0.2, -0.15) is 5.10 Å². The van der Waals surface area contributed by atoms with Crippen LogP contribution in [0.15, 0.2) is 22.7 Å². The summed E-state index contributed by atoms with van der Waals surface area (Å²) in [7, 11) is 0. The summed E-state index contributed by atoms with van der Waals surface area (Å²) in [6, 6.07) is 1.90. The fourth-order valence-electron chi connectivity index (χ4n) is 2.61. The summed E-state index contributed by atoms with van der Waals surface area (Å²) in [5, 5.41) is 14.7. The van der Waals surface area contributed by atoms with Crippen LogP contribution in [0.25, 0.3) is 6.08 Å². The first-order valence-corrected chi connectivity index (χ1v) is 7.38. The predicted molar refractivity (Wildman–Crippen MR) is 73.8 cm³/mol. The number of thioether (sulfide) groups is 1. The molecule has 0 radical (unpaired) electrons.